The van der Waals surface area contributed by atoms with Crippen molar-refractivity contribution in [1.82, 2.24) is 19.9 Å². The number of carboxylic acid groups (broad SMARTS) is 1. The normalized spacial score (nSPS) is 10.3. The van der Waals surface area contributed by atoms with Gasteiger partial charge >= 0.3 is 5.97 Å². The number of rotatable bonds is 4. The van der Waals surface area contributed by atoms with Gasteiger partial charge in [-0.1, -0.05) is 11.8 Å². The highest BCUT2D eigenvalue weighted by Gasteiger charge is 2.11. The first kappa shape index (κ1) is 12.4. The molecule has 0 unspecified atom stereocenters. The summed E-state index contributed by atoms with van der Waals surface area (Å²) in [6, 6.07) is 0. The van der Waals surface area contributed by atoms with Gasteiger partial charge in [-0.25, -0.2) is 24.7 Å². The summed E-state index contributed by atoms with van der Waals surface area (Å²) in [6.07, 6.45) is 6.06. The predicted octanol–water partition coefficient (Wildman–Crippen LogP) is 1.57. The van der Waals surface area contributed by atoms with E-state index in [0.717, 1.165) is 5.56 Å². The molecule has 0 aliphatic rings. The third-order valence-electron chi connectivity index (χ3n) is 2.12. The van der Waals surface area contributed by atoms with E-state index < -0.39 is 5.97 Å². The van der Waals surface area contributed by atoms with Gasteiger partial charge in [-0.2, -0.15) is 0 Å². The molecule has 0 amide bonds. The average molecular weight is 262 g/mol. The molecule has 18 heavy (non-hydrogen) atoms. The highest BCUT2D eigenvalue weighted by atomic mass is 32.2. The Labute approximate surface area is 108 Å². The van der Waals surface area contributed by atoms with Crippen LogP contribution in [-0.4, -0.2) is 31.0 Å². The molecule has 2 aromatic heterocycles. The molecule has 0 fully saturated rings. The minimum Gasteiger partial charge on any atom is -0.478 e. The number of aromatic nitrogens is 4. The maximum atomic E-state index is 11.0. The van der Waals surface area contributed by atoms with Crippen LogP contribution < -0.4 is 0 Å². The van der Waals surface area contributed by atoms with E-state index in [1.165, 1.54) is 24.3 Å². The van der Waals surface area contributed by atoms with Gasteiger partial charge in [-0.15, -0.1) is 0 Å². The van der Waals surface area contributed by atoms with Crippen molar-refractivity contribution < 1.29 is 9.90 Å². The lowest BCUT2D eigenvalue weighted by molar-refractivity contribution is 0.0695. The number of aromatic carboxylic acids is 1. The fraction of sp³-hybridized carbons (Fsp3) is 0.182. The third-order valence-corrected chi connectivity index (χ3v) is 3.01. The standard InChI is InChI=1S/C11H10N4O2S/c1-7-2-13-11(14-3-7)18-5-9-8(10(16)17)4-12-6-15-9/h2-4,6H,5H2,1H3,(H,16,17). The van der Waals surface area contributed by atoms with Gasteiger partial charge in [0.2, 0.25) is 0 Å². The molecule has 0 aromatic carbocycles. The van der Waals surface area contributed by atoms with Crippen molar-refractivity contribution >= 4 is 17.7 Å². The summed E-state index contributed by atoms with van der Waals surface area (Å²) in [6.45, 7) is 1.90. The molecule has 92 valence electrons. The van der Waals surface area contributed by atoms with Gasteiger partial charge in [-0.05, 0) is 12.5 Å². The highest BCUT2D eigenvalue weighted by molar-refractivity contribution is 7.98. The molecule has 0 saturated carbocycles. The van der Waals surface area contributed by atoms with Crippen LogP contribution in [0.15, 0.2) is 30.1 Å². The fourth-order valence-electron chi connectivity index (χ4n) is 1.24. The SMILES string of the molecule is Cc1cnc(SCc2ncncc2C(=O)O)nc1. The second-order valence-corrected chi connectivity index (χ2v) is 4.46. The molecule has 0 radical (unpaired) electrons. The minimum absolute atomic E-state index is 0.108. The van der Waals surface area contributed by atoms with Crippen LogP contribution in [0, 0.1) is 6.92 Å². The number of hydrogen-bond acceptors (Lipinski definition) is 6. The zero-order valence-corrected chi connectivity index (χ0v) is 10.4. The summed E-state index contributed by atoms with van der Waals surface area (Å²) in [5.41, 5.74) is 1.55. The molecule has 1 N–H and O–H groups in total. The van der Waals surface area contributed by atoms with Crippen molar-refractivity contribution in [1.29, 1.82) is 0 Å². The van der Waals surface area contributed by atoms with Crippen LogP contribution in [0.4, 0.5) is 0 Å². The lowest BCUT2D eigenvalue weighted by atomic mass is 10.2. The summed E-state index contributed by atoms with van der Waals surface area (Å²) in [5.74, 6) is -0.635. The Bertz CT molecular complexity index is 559. The van der Waals surface area contributed by atoms with Gasteiger partial charge in [0, 0.05) is 24.3 Å². The average Bonchev–Trinajstić information content (AvgIpc) is 2.38. The molecule has 0 saturated heterocycles. The summed E-state index contributed by atoms with van der Waals surface area (Å²) in [7, 11) is 0. The second-order valence-electron chi connectivity index (χ2n) is 3.52. The van der Waals surface area contributed by atoms with Crippen LogP contribution in [0.2, 0.25) is 0 Å². The first-order valence-electron chi connectivity index (χ1n) is 5.10. The van der Waals surface area contributed by atoms with E-state index in [1.807, 2.05) is 6.92 Å². The molecular weight excluding hydrogens is 252 g/mol. The van der Waals surface area contributed by atoms with Crippen LogP contribution >= 0.6 is 11.8 Å². The first-order valence-corrected chi connectivity index (χ1v) is 6.09. The van der Waals surface area contributed by atoms with Crippen molar-refractivity contribution in [3.8, 4) is 0 Å². The summed E-state index contributed by atoms with van der Waals surface area (Å²) in [5, 5.41) is 9.57. The van der Waals surface area contributed by atoms with Crippen LogP contribution in [0.1, 0.15) is 21.6 Å². The third kappa shape index (κ3) is 3.01. The molecule has 0 aliphatic carbocycles. The number of carbonyl (C=O) groups is 1. The van der Waals surface area contributed by atoms with E-state index in [9.17, 15) is 4.79 Å². The van der Waals surface area contributed by atoms with E-state index in [0.29, 0.717) is 16.6 Å². The van der Waals surface area contributed by atoms with Crippen molar-refractivity contribution in [2.75, 3.05) is 0 Å². The van der Waals surface area contributed by atoms with Gasteiger partial charge in [0.25, 0.3) is 0 Å². The maximum absolute atomic E-state index is 11.0. The van der Waals surface area contributed by atoms with Crippen LogP contribution in [0.25, 0.3) is 0 Å². The second kappa shape index (κ2) is 5.54. The largest absolute Gasteiger partial charge is 0.478 e. The monoisotopic (exact) mass is 262 g/mol. The van der Waals surface area contributed by atoms with Gasteiger partial charge in [0.05, 0.1) is 5.69 Å². The topological polar surface area (TPSA) is 88.9 Å². The molecule has 2 aromatic rings. The highest BCUT2D eigenvalue weighted by Crippen LogP contribution is 2.19. The van der Waals surface area contributed by atoms with E-state index in [2.05, 4.69) is 19.9 Å². The molecule has 0 bridgehead atoms. The van der Waals surface area contributed by atoms with E-state index >= 15 is 0 Å². The molecule has 6 nitrogen and oxygen atoms in total. The van der Waals surface area contributed by atoms with Gasteiger partial charge in [0.1, 0.15) is 11.9 Å². The number of aryl methyl sites for hydroxylation is 1. The van der Waals surface area contributed by atoms with Gasteiger partial charge < -0.3 is 5.11 Å². The predicted molar refractivity (Wildman–Crippen MR) is 65.3 cm³/mol. The Balaban J connectivity index is 2.10. The molecule has 2 heterocycles. The summed E-state index contributed by atoms with van der Waals surface area (Å²) in [4.78, 5) is 26.9. The van der Waals surface area contributed by atoms with Crippen molar-refractivity contribution in [3.63, 3.8) is 0 Å². The Kier molecular flexibility index (Phi) is 3.83. The lowest BCUT2D eigenvalue weighted by Gasteiger charge is -2.03. The molecule has 7 heteroatoms. The Morgan fingerprint density at radius 3 is 2.67 bits per heavy atom. The number of carboxylic acids is 1. The Morgan fingerprint density at radius 2 is 2.00 bits per heavy atom. The van der Waals surface area contributed by atoms with Crippen molar-refractivity contribution in [3.05, 3.63) is 41.7 Å². The molecular formula is C11H10N4O2S. The number of thioether (sulfide) groups is 1. The van der Waals surface area contributed by atoms with Crippen molar-refractivity contribution in [2.24, 2.45) is 0 Å². The molecule has 0 aliphatic heterocycles. The van der Waals surface area contributed by atoms with E-state index in [4.69, 9.17) is 5.11 Å². The van der Waals surface area contributed by atoms with E-state index in [1.54, 1.807) is 12.4 Å². The van der Waals surface area contributed by atoms with E-state index in [-0.39, 0.29) is 5.56 Å². The zero-order valence-electron chi connectivity index (χ0n) is 9.57. The van der Waals surface area contributed by atoms with Crippen LogP contribution in [-0.2, 0) is 5.75 Å². The summed E-state index contributed by atoms with van der Waals surface area (Å²) >= 11 is 1.34. The van der Waals surface area contributed by atoms with Crippen LogP contribution in [0.3, 0.4) is 0 Å². The molecule has 0 spiro atoms. The number of hydrogen-bond donors (Lipinski definition) is 1. The quantitative estimate of drug-likeness (QED) is 0.660. The molecule has 0 atom stereocenters. The number of nitrogens with zero attached hydrogens (tertiary/aromatic N) is 4. The van der Waals surface area contributed by atoms with Gasteiger partial charge in [-0.3, -0.25) is 0 Å². The van der Waals surface area contributed by atoms with Gasteiger partial charge in [0.15, 0.2) is 5.16 Å². The summed E-state index contributed by atoms with van der Waals surface area (Å²) < 4.78 is 0. The lowest BCUT2D eigenvalue weighted by Crippen LogP contribution is -2.04. The Hall–Kier alpha value is -2.02. The molecule has 2 rings (SSSR count). The Morgan fingerprint density at radius 1 is 1.28 bits per heavy atom. The fourth-order valence-corrected chi connectivity index (χ4v) is 1.99. The van der Waals surface area contributed by atoms with Crippen molar-refractivity contribution in [2.45, 2.75) is 17.8 Å². The maximum Gasteiger partial charge on any atom is 0.339 e. The first-order chi connectivity index (χ1) is 8.66. The smallest absolute Gasteiger partial charge is 0.339 e. The minimum atomic E-state index is -1.03. The zero-order chi connectivity index (χ0) is 13.0. The van der Waals surface area contributed by atoms with Crippen LogP contribution in [0.5, 0.6) is 0 Å².